The van der Waals surface area contributed by atoms with E-state index in [1.165, 1.54) is 0 Å². The van der Waals surface area contributed by atoms with Gasteiger partial charge in [0.05, 0.1) is 0 Å². The molecule has 2 rings (SSSR count). The van der Waals surface area contributed by atoms with Gasteiger partial charge in [-0.05, 0) is 5.56 Å². The molecule has 0 fully saturated rings. The van der Waals surface area contributed by atoms with Crippen molar-refractivity contribution in [3.63, 3.8) is 0 Å². The van der Waals surface area contributed by atoms with Crippen LogP contribution in [0.1, 0.15) is 17.5 Å². The first-order valence-corrected chi connectivity index (χ1v) is 4.10. The van der Waals surface area contributed by atoms with E-state index in [1.807, 2.05) is 30.3 Å². The van der Waals surface area contributed by atoms with Crippen LogP contribution in [0.5, 0.6) is 0 Å². The van der Waals surface area contributed by atoms with Crippen LogP contribution < -0.4 is 0 Å². The van der Waals surface area contributed by atoms with Crippen LogP contribution in [-0.4, -0.2) is 15.1 Å². The molecule has 0 aliphatic rings. The molecule has 0 saturated carbocycles. The molecule has 66 valence electrons. The Morgan fingerprint density at radius 2 is 2.00 bits per heavy atom. The summed E-state index contributed by atoms with van der Waals surface area (Å²) in [5.41, 5.74) is 0.845. The molecule has 0 amide bonds. The topological polar surface area (TPSA) is 48.9 Å². The molecular weight excluding hydrogens is 164 g/mol. The van der Waals surface area contributed by atoms with Crippen LogP contribution >= 0.6 is 0 Å². The Kier molecular flexibility index (Phi) is 2.10. The van der Waals surface area contributed by atoms with E-state index in [9.17, 15) is 5.11 Å². The quantitative estimate of drug-likeness (QED) is 0.724. The van der Waals surface area contributed by atoms with E-state index in [0.717, 1.165) is 5.56 Å². The number of aromatic nitrogens is 2. The summed E-state index contributed by atoms with van der Waals surface area (Å²) in [6, 6.07) is 9.43. The third-order valence-electron chi connectivity index (χ3n) is 1.89. The second-order valence-corrected chi connectivity index (χ2v) is 2.79. The van der Waals surface area contributed by atoms with Crippen molar-refractivity contribution in [3.8, 4) is 0 Å². The molecule has 0 saturated heterocycles. The Balaban J connectivity index is 2.29. The molecule has 0 aliphatic carbocycles. The normalized spacial score (nSPS) is 12.7. The summed E-state index contributed by atoms with van der Waals surface area (Å²) >= 11 is 0. The first kappa shape index (κ1) is 8.01. The number of aliphatic hydroxyl groups excluding tert-OH is 1. The van der Waals surface area contributed by atoms with Crippen LogP contribution in [0.3, 0.4) is 0 Å². The van der Waals surface area contributed by atoms with Gasteiger partial charge in [0.1, 0.15) is 11.9 Å². The molecule has 1 atom stereocenters. The van der Waals surface area contributed by atoms with E-state index >= 15 is 0 Å². The molecule has 2 N–H and O–H groups in total. The van der Waals surface area contributed by atoms with Crippen molar-refractivity contribution in [2.24, 2.45) is 0 Å². The van der Waals surface area contributed by atoms with Crippen molar-refractivity contribution in [2.45, 2.75) is 6.10 Å². The van der Waals surface area contributed by atoms with Crippen LogP contribution in [0.15, 0.2) is 42.7 Å². The summed E-state index contributed by atoms with van der Waals surface area (Å²) < 4.78 is 0. The molecule has 3 heteroatoms. The summed E-state index contributed by atoms with van der Waals surface area (Å²) in [5.74, 6) is 0.575. The second-order valence-electron chi connectivity index (χ2n) is 2.79. The third kappa shape index (κ3) is 1.60. The van der Waals surface area contributed by atoms with Crippen molar-refractivity contribution in [1.82, 2.24) is 9.97 Å². The van der Waals surface area contributed by atoms with Gasteiger partial charge >= 0.3 is 0 Å². The molecule has 0 aliphatic heterocycles. The minimum atomic E-state index is -0.656. The Morgan fingerprint density at radius 3 is 2.62 bits per heavy atom. The number of nitrogens with one attached hydrogen (secondary N) is 1. The Bertz CT molecular complexity index is 356. The van der Waals surface area contributed by atoms with Gasteiger partial charge in [-0.1, -0.05) is 30.3 Å². The number of benzene rings is 1. The summed E-state index contributed by atoms with van der Waals surface area (Å²) in [7, 11) is 0. The van der Waals surface area contributed by atoms with Gasteiger partial charge in [-0.2, -0.15) is 0 Å². The SMILES string of the molecule is O[C@@H](c1ccccc1)c1ncc[nH]1. The summed E-state index contributed by atoms with van der Waals surface area (Å²) in [5, 5.41) is 9.79. The van der Waals surface area contributed by atoms with Crippen LogP contribution in [0.4, 0.5) is 0 Å². The minimum Gasteiger partial charge on any atom is -0.380 e. The number of rotatable bonds is 2. The van der Waals surface area contributed by atoms with Gasteiger partial charge in [-0.25, -0.2) is 4.98 Å². The van der Waals surface area contributed by atoms with Crippen molar-refractivity contribution in [2.75, 3.05) is 0 Å². The molecule has 0 radical (unpaired) electrons. The lowest BCUT2D eigenvalue weighted by Crippen LogP contribution is -2.00. The second kappa shape index (κ2) is 3.41. The zero-order chi connectivity index (χ0) is 9.10. The zero-order valence-corrected chi connectivity index (χ0v) is 7.01. The highest BCUT2D eigenvalue weighted by Crippen LogP contribution is 2.17. The molecule has 13 heavy (non-hydrogen) atoms. The summed E-state index contributed by atoms with van der Waals surface area (Å²) in [6.45, 7) is 0. The molecule has 1 aromatic carbocycles. The van der Waals surface area contributed by atoms with E-state index in [2.05, 4.69) is 9.97 Å². The third-order valence-corrected chi connectivity index (χ3v) is 1.89. The van der Waals surface area contributed by atoms with E-state index in [-0.39, 0.29) is 0 Å². The van der Waals surface area contributed by atoms with Gasteiger partial charge in [0, 0.05) is 12.4 Å². The molecule has 0 unspecified atom stereocenters. The number of hydrogen-bond acceptors (Lipinski definition) is 2. The largest absolute Gasteiger partial charge is 0.380 e. The van der Waals surface area contributed by atoms with Gasteiger partial charge in [0.25, 0.3) is 0 Å². The average molecular weight is 174 g/mol. The van der Waals surface area contributed by atoms with Crippen LogP contribution in [0.2, 0.25) is 0 Å². The van der Waals surface area contributed by atoms with Crippen LogP contribution in [0, 0.1) is 0 Å². The van der Waals surface area contributed by atoms with Gasteiger partial charge < -0.3 is 10.1 Å². The van der Waals surface area contributed by atoms with E-state index in [4.69, 9.17) is 0 Å². The van der Waals surface area contributed by atoms with Gasteiger partial charge in [0.15, 0.2) is 0 Å². The predicted octanol–water partition coefficient (Wildman–Crippen LogP) is 1.49. The maximum absolute atomic E-state index is 9.79. The van der Waals surface area contributed by atoms with E-state index in [1.54, 1.807) is 12.4 Å². The summed E-state index contributed by atoms with van der Waals surface area (Å²) in [4.78, 5) is 6.86. The van der Waals surface area contributed by atoms with Gasteiger partial charge in [-0.3, -0.25) is 0 Å². The molecule has 2 aromatic rings. The standard InChI is InChI=1S/C10H10N2O/c13-9(10-11-6-7-12-10)8-4-2-1-3-5-8/h1-7,9,13H,(H,11,12)/t9-/m0/s1. The fourth-order valence-electron chi connectivity index (χ4n) is 1.22. The maximum Gasteiger partial charge on any atom is 0.139 e. The number of aromatic amines is 1. The Morgan fingerprint density at radius 1 is 1.23 bits per heavy atom. The van der Waals surface area contributed by atoms with Crippen molar-refractivity contribution < 1.29 is 5.11 Å². The van der Waals surface area contributed by atoms with Crippen LogP contribution in [0.25, 0.3) is 0 Å². The Labute approximate surface area is 76.1 Å². The zero-order valence-electron chi connectivity index (χ0n) is 7.01. The highest BCUT2D eigenvalue weighted by atomic mass is 16.3. The van der Waals surface area contributed by atoms with Crippen molar-refractivity contribution >= 4 is 0 Å². The van der Waals surface area contributed by atoms with Crippen molar-refractivity contribution in [3.05, 3.63) is 54.1 Å². The lowest BCUT2D eigenvalue weighted by Gasteiger charge is -2.06. The van der Waals surface area contributed by atoms with Gasteiger partial charge in [-0.15, -0.1) is 0 Å². The number of nitrogens with zero attached hydrogens (tertiary/aromatic N) is 1. The molecule has 1 heterocycles. The van der Waals surface area contributed by atoms with Crippen molar-refractivity contribution in [1.29, 1.82) is 0 Å². The number of imidazole rings is 1. The first-order valence-electron chi connectivity index (χ1n) is 4.10. The van der Waals surface area contributed by atoms with E-state index in [0.29, 0.717) is 5.82 Å². The highest BCUT2D eigenvalue weighted by Gasteiger charge is 2.10. The fourth-order valence-corrected chi connectivity index (χ4v) is 1.22. The minimum absolute atomic E-state index is 0.575. The average Bonchev–Trinajstić information content (AvgIpc) is 2.71. The van der Waals surface area contributed by atoms with Gasteiger partial charge in [0.2, 0.25) is 0 Å². The number of hydrogen-bond donors (Lipinski definition) is 2. The summed E-state index contributed by atoms with van der Waals surface area (Å²) in [6.07, 6.45) is 2.67. The molecule has 3 nitrogen and oxygen atoms in total. The lowest BCUT2D eigenvalue weighted by molar-refractivity contribution is 0.211. The molecule has 0 bridgehead atoms. The Hall–Kier alpha value is -1.61. The molecule has 0 spiro atoms. The smallest absolute Gasteiger partial charge is 0.139 e. The van der Waals surface area contributed by atoms with E-state index < -0.39 is 6.10 Å². The number of H-pyrrole nitrogens is 1. The van der Waals surface area contributed by atoms with Crippen LogP contribution in [-0.2, 0) is 0 Å². The lowest BCUT2D eigenvalue weighted by atomic mass is 10.1. The predicted molar refractivity (Wildman–Crippen MR) is 49.1 cm³/mol. The number of aliphatic hydroxyl groups is 1. The fraction of sp³-hybridized carbons (Fsp3) is 0.100. The highest BCUT2D eigenvalue weighted by molar-refractivity contribution is 5.22. The first-order chi connectivity index (χ1) is 6.38. The monoisotopic (exact) mass is 174 g/mol. The molecular formula is C10H10N2O. The maximum atomic E-state index is 9.79. The molecule has 1 aromatic heterocycles.